The quantitative estimate of drug-likeness (QED) is 0.300. The van der Waals surface area contributed by atoms with E-state index >= 15 is 0 Å². The number of fused-ring (bicyclic) bond motifs is 1. The van der Waals surface area contributed by atoms with Gasteiger partial charge in [0, 0.05) is 6.92 Å². The summed E-state index contributed by atoms with van der Waals surface area (Å²) >= 11 is 0. The van der Waals surface area contributed by atoms with E-state index in [1.165, 1.54) is 46.2 Å². The zero-order valence-corrected chi connectivity index (χ0v) is 25.6. The fraction of sp³-hybridized carbons (Fsp3) is 0.375. The minimum atomic E-state index is -0.877. The van der Waals surface area contributed by atoms with Gasteiger partial charge in [0.1, 0.15) is 25.1 Å². The number of aliphatic hydroxyl groups is 2. The normalized spacial score (nSPS) is 14.7. The van der Waals surface area contributed by atoms with E-state index in [1.54, 1.807) is 0 Å². The molecule has 5 rings (SSSR count). The Bertz CT molecular complexity index is 1290. The number of carboxylic acid groups (broad SMARTS) is 1. The molecule has 2 aliphatic rings. The predicted octanol–water partition coefficient (Wildman–Crippen LogP) is 2.57. The van der Waals surface area contributed by atoms with Crippen molar-refractivity contribution in [1.82, 2.24) is 0 Å². The average molecular weight is 541 g/mol. The van der Waals surface area contributed by atoms with Crippen LogP contribution in [-0.4, -0.2) is 40.6 Å². The van der Waals surface area contributed by atoms with Crippen molar-refractivity contribution in [2.24, 2.45) is 5.41 Å². The molecule has 1 spiro atoms. The molecule has 0 unspecified atom stereocenters. The van der Waals surface area contributed by atoms with Gasteiger partial charge >= 0.3 is 29.6 Å². The molecular weight excluding hydrogens is 503 g/mol. The third-order valence-electron chi connectivity index (χ3n) is 7.28. The number of ether oxygens (including phenoxy) is 2. The molecule has 0 amide bonds. The van der Waals surface area contributed by atoms with Gasteiger partial charge in [-0.1, -0.05) is 55.0 Å². The van der Waals surface area contributed by atoms with E-state index in [1.807, 2.05) is 12.1 Å². The van der Waals surface area contributed by atoms with Gasteiger partial charge in [0.15, 0.2) is 0 Å². The van der Waals surface area contributed by atoms with Crippen LogP contribution >= 0.6 is 0 Å². The zero-order chi connectivity index (χ0) is 27.4. The monoisotopic (exact) mass is 540 g/mol. The fourth-order valence-corrected chi connectivity index (χ4v) is 5.16. The Morgan fingerprint density at radius 1 is 1.03 bits per heavy atom. The Balaban J connectivity index is 0.000000788. The summed E-state index contributed by atoms with van der Waals surface area (Å²) in [4.78, 5) is 9.00. The summed E-state index contributed by atoms with van der Waals surface area (Å²) in [7, 11) is 0. The number of aliphatic carboxylic acids is 1. The van der Waals surface area contributed by atoms with Gasteiger partial charge in [-0.2, -0.15) is 18.1 Å². The molecule has 1 saturated carbocycles. The van der Waals surface area contributed by atoms with Crippen LogP contribution in [0.1, 0.15) is 53.1 Å². The third-order valence-corrected chi connectivity index (χ3v) is 7.28. The van der Waals surface area contributed by atoms with Crippen LogP contribution in [0, 0.1) is 32.6 Å². The van der Waals surface area contributed by atoms with Gasteiger partial charge in [0.2, 0.25) is 0 Å². The maximum absolute atomic E-state index is 9.57. The summed E-state index contributed by atoms with van der Waals surface area (Å²) in [5, 5.41) is 26.0. The number of carboxylic acids is 1. The van der Waals surface area contributed by atoms with E-state index < -0.39 is 12.1 Å². The molecule has 1 atom stereocenters. The number of rotatable bonds is 8. The van der Waals surface area contributed by atoms with Crippen molar-refractivity contribution in [3.63, 3.8) is 0 Å². The van der Waals surface area contributed by atoms with E-state index in [0.717, 1.165) is 30.2 Å². The summed E-state index contributed by atoms with van der Waals surface area (Å²) in [6.07, 6.45) is 5.37. The van der Waals surface area contributed by atoms with Gasteiger partial charge in [-0.05, 0) is 66.3 Å². The van der Waals surface area contributed by atoms with Gasteiger partial charge in [-0.25, -0.2) is 0 Å². The molecule has 3 aromatic rings. The Kier molecular flexibility index (Phi) is 10.5. The van der Waals surface area contributed by atoms with E-state index in [2.05, 4.69) is 63.6 Å². The minimum absolute atomic E-state index is 0. The molecule has 0 bridgehead atoms. The van der Waals surface area contributed by atoms with E-state index in [9.17, 15) is 5.11 Å². The smallest absolute Gasteiger partial charge is 0.491 e. The summed E-state index contributed by atoms with van der Waals surface area (Å²) in [5.74, 6) is 0.804. The number of benzene rings is 3. The third kappa shape index (κ3) is 7.80. The van der Waals surface area contributed by atoms with Crippen LogP contribution in [-0.2, 0) is 17.8 Å². The van der Waals surface area contributed by atoms with Crippen LogP contribution < -0.4 is 39.0 Å². The Hall–Kier alpha value is -2.48. The van der Waals surface area contributed by atoms with Gasteiger partial charge < -0.3 is 24.8 Å². The topological polar surface area (TPSA) is 96.2 Å². The standard InChI is InChI=1S/C30H33O4.C2H4O2.Na/c1-19-11-27(34-18-25(32)16-31)12-20(2)29(19)28-6-4-5-23(21(28)3)17-33-26-8-7-22-14-30(9-10-30)15-24(22)13-26;1-2(3)4;/h4-8,11-14,25,31-32H,9-10,15-18H2,1-3H3;1H3,(H,3,4);/q-1;;+1/t25-;;/m1../s1. The molecule has 0 aliphatic heterocycles. The SMILES string of the molecule is CC(=O)O.Cc1cc(OC[C@H](O)CO)cc(C)c1-c1cccc(COc2ccc3c(c2)CC2([CH-]3)CC2)c1C.[Na+]. The zero-order valence-electron chi connectivity index (χ0n) is 23.6. The summed E-state index contributed by atoms with van der Waals surface area (Å²) in [6, 6.07) is 16.9. The Morgan fingerprint density at radius 3 is 2.31 bits per heavy atom. The van der Waals surface area contributed by atoms with Crippen LogP contribution in [0.15, 0.2) is 48.5 Å². The molecule has 6 nitrogen and oxygen atoms in total. The molecule has 39 heavy (non-hydrogen) atoms. The van der Waals surface area contributed by atoms with Crippen molar-refractivity contribution in [3.8, 4) is 22.6 Å². The first-order chi connectivity index (χ1) is 18.1. The van der Waals surface area contributed by atoms with Crippen molar-refractivity contribution >= 4 is 5.97 Å². The second-order valence-corrected chi connectivity index (χ2v) is 10.5. The first-order valence-corrected chi connectivity index (χ1v) is 13.0. The number of hydrogen-bond acceptors (Lipinski definition) is 5. The first kappa shape index (κ1) is 31.1. The van der Waals surface area contributed by atoms with Crippen LogP contribution in [0.5, 0.6) is 11.5 Å². The van der Waals surface area contributed by atoms with Crippen LogP contribution in [0.4, 0.5) is 0 Å². The molecule has 1 fully saturated rings. The number of carbonyl (C=O) groups is 1. The van der Waals surface area contributed by atoms with E-state index in [-0.39, 0.29) is 42.8 Å². The predicted molar refractivity (Wildman–Crippen MR) is 148 cm³/mol. The van der Waals surface area contributed by atoms with Crippen LogP contribution in [0.2, 0.25) is 0 Å². The second-order valence-electron chi connectivity index (χ2n) is 10.5. The molecule has 3 aromatic carbocycles. The number of hydrogen-bond donors (Lipinski definition) is 3. The van der Waals surface area contributed by atoms with Gasteiger partial charge in [-0.3, -0.25) is 4.79 Å². The van der Waals surface area contributed by atoms with Crippen molar-refractivity contribution in [2.45, 2.75) is 59.7 Å². The van der Waals surface area contributed by atoms with Crippen molar-refractivity contribution in [1.29, 1.82) is 0 Å². The van der Waals surface area contributed by atoms with Crippen molar-refractivity contribution in [3.05, 3.63) is 88.3 Å². The van der Waals surface area contributed by atoms with Crippen molar-refractivity contribution < 1.29 is 59.1 Å². The molecule has 0 aromatic heterocycles. The molecule has 0 saturated heterocycles. The number of aryl methyl sites for hydroxylation is 2. The summed E-state index contributed by atoms with van der Waals surface area (Å²) in [6.45, 7) is 7.69. The Morgan fingerprint density at radius 2 is 1.69 bits per heavy atom. The second kappa shape index (κ2) is 13.2. The largest absolute Gasteiger partial charge is 1.00 e. The molecular formula is C32H37NaO6. The fourth-order valence-electron chi connectivity index (χ4n) is 5.16. The molecule has 3 N–H and O–H groups in total. The first-order valence-electron chi connectivity index (χ1n) is 13.0. The van der Waals surface area contributed by atoms with Gasteiger partial charge in [0.05, 0.1) is 12.4 Å². The van der Waals surface area contributed by atoms with Crippen molar-refractivity contribution in [2.75, 3.05) is 13.2 Å². The van der Waals surface area contributed by atoms with Gasteiger partial charge in [-0.15, -0.1) is 5.56 Å². The minimum Gasteiger partial charge on any atom is -0.491 e. The summed E-state index contributed by atoms with van der Waals surface area (Å²) in [5.41, 5.74) is 10.2. The maximum Gasteiger partial charge on any atom is 1.00 e. The van der Waals surface area contributed by atoms with Crippen LogP contribution in [0.3, 0.4) is 0 Å². The maximum atomic E-state index is 9.57. The van der Waals surface area contributed by atoms with E-state index in [4.69, 9.17) is 24.5 Å². The summed E-state index contributed by atoms with van der Waals surface area (Å²) < 4.78 is 11.9. The average Bonchev–Trinajstić information content (AvgIpc) is 3.51. The number of aliphatic hydroxyl groups excluding tert-OH is 2. The molecule has 0 heterocycles. The molecule has 7 heteroatoms. The van der Waals surface area contributed by atoms with E-state index in [0.29, 0.717) is 17.8 Å². The van der Waals surface area contributed by atoms with Gasteiger partial charge in [0.25, 0.3) is 5.97 Å². The Labute approximate surface area is 253 Å². The molecule has 202 valence electrons. The molecule has 0 radical (unpaired) electrons. The molecule has 2 aliphatic carbocycles. The van der Waals surface area contributed by atoms with Crippen LogP contribution in [0.25, 0.3) is 11.1 Å².